The maximum absolute atomic E-state index is 13.2. The molecule has 1 aromatic carbocycles. The topological polar surface area (TPSA) is 67.1 Å². The Morgan fingerprint density at radius 2 is 2.03 bits per heavy atom. The number of pyridine rings is 1. The zero-order valence-corrected chi connectivity index (χ0v) is 18.9. The lowest BCUT2D eigenvalue weighted by Crippen LogP contribution is -2.38. The van der Waals surface area contributed by atoms with E-state index in [0.29, 0.717) is 13.1 Å². The molecule has 6 nitrogen and oxygen atoms in total. The van der Waals surface area contributed by atoms with Gasteiger partial charge in [0.25, 0.3) is 0 Å². The van der Waals surface area contributed by atoms with Gasteiger partial charge in [0.05, 0.1) is 6.54 Å². The lowest BCUT2D eigenvalue weighted by atomic mass is 10.1. The van der Waals surface area contributed by atoms with E-state index >= 15 is 0 Å². The number of aromatic nitrogens is 3. The fraction of sp³-hybridized carbons (Fsp3) is 0.286. The minimum Gasteiger partial charge on any atom is -0.357 e. The fourth-order valence-corrected chi connectivity index (χ4v) is 2.86. The van der Waals surface area contributed by atoms with Crippen molar-refractivity contribution in [3.63, 3.8) is 0 Å². The molecule has 0 atom stereocenters. The third-order valence-electron chi connectivity index (χ3n) is 4.30. The Morgan fingerprint density at radius 1 is 1.17 bits per heavy atom. The van der Waals surface area contributed by atoms with Crippen LogP contribution in [-0.2, 0) is 13.0 Å². The first-order valence-electron chi connectivity index (χ1n) is 9.38. The molecule has 0 spiro atoms. The Balaban J connectivity index is 0.00000300. The van der Waals surface area contributed by atoms with Gasteiger partial charge >= 0.3 is 0 Å². The molecule has 29 heavy (non-hydrogen) atoms. The number of nitrogens with one attached hydrogen (secondary N) is 2. The highest BCUT2D eigenvalue weighted by molar-refractivity contribution is 14.0. The summed E-state index contributed by atoms with van der Waals surface area (Å²) in [4.78, 5) is 8.99. The second-order valence-corrected chi connectivity index (χ2v) is 6.42. The molecule has 0 bridgehead atoms. The number of aliphatic imine (C=N–C) groups is 1. The van der Waals surface area contributed by atoms with Crippen molar-refractivity contribution in [2.24, 2.45) is 4.99 Å². The monoisotopic (exact) mass is 508 g/mol. The Labute approximate surface area is 187 Å². The average Bonchev–Trinajstić information content (AvgIpc) is 3.23. The number of aryl methyl sites for hydroxylation is 1. The fourth-order valence-electron chi connectivity index (χ4n) is 2.86. The highest BCUT2D eigenvalue weighted by atomic mass is 127. The van der Waals surface area contributed by atoms with Gasteiger partial charge in [-0.25, -0.2) is 19.0 Å². The summed E-state index contributed by atoms with van der Waals surface area (Å²) in [5.74, 6) is 1.32. The first-order valence-corrected chi connectivity index (χ1v) is 9.38. The first-order chi connectivity index (χ1) is 13.7. The van der Waals surface area contributed by atoms with Crippen molar-refractivity contribution < 1.29 is 4.39 Å². The number of nitrogens with zero attached hydrogens (tertiary/aromatic N) is 4. The lowest BCUT2D eigenvalue weighted by molar-refractivity contribution is 0.625. The van der Waals surface area contributed by atoms with Gasteiger partial charge in [0.1, 0.15) is 5.82 Å². The van der Waals surface area contributed by atoms with Gasteiger partial charge in [-0.2, -0.15) is 5.10 Å². The summed E-state index contributed by atoms with van der Waals surface area (Å²) in [7, 11) is 0. The van der Waals surface area contributed by atoms with Crippen LogP contribution in [0.3, 0.4) is 0 Å². The van der Waals surface area contributed by atoms with Crippen LogP contribution >= 0.6 is 24.0 Å². The van der Waals surface area contributed by atoms with Crippen molar-refractivity contribution in [2.45, 2.75) is 26.8 Å². The summed E-state index contributed by atoms with van der Waals surface area (Å²) in [6.45, 7) is 5.98. The zero-order valence-electron chi connectivity index (χ0n) is 16.6. The molecule has 3 rings (SSSR count). The summed E-state index contributed by atoms with van der Waals surface area (Å²) < 4.78 is 14.9. The van der Waals surface area contributed by atoms with Crippen molar-refractivity contribution in [3.8, 4) is 5.82 Å². The van der Waals surface area contributed by atoms with Gasteiger partial charge in [-0.05, 0) is 67.3 Å². The van der Waals surface area contributed by atoms with Gasteiger partial charge in [-0.1, -0.05) is 6.07 Å². The van der Waals surface area contributed by atoms with Gasteiger partial charge < -0.3 is 10.6 Å². The van der Waals surface area contributed by atoms with E-state index in [1.807, 2.05) is 44.3 Å². The first kappa shape index (κ1) is 22.8. The van der Waals surface area contributed by atoms with Gasteiger partial charge in [0.2, 0.25) is 0 Å². The normalized spacial score (nSPS) is 11.1. The van der Waals surface area contributed by atoms with Gasteiger partial charge in [0, 0.05) is 31.7 Å². The van der Waals surface area contributed by atoms with E-state index in [0.717, 1.165) is 41.4 Å². The van der Waals surface area contributed by atoms with Crippen LogP contribution in [0.1, 0.15) is 23.6 Å². The molecular formula is C21H26FIN6. The predicted molar refractivity (Wildman–Crippen MR) is 124 cm³/mol. The van der Waals surface area contributed by atoms with Crippen LogP contribution < -0.4 is 10.6 Å². The standard InChI is InChI=1S/C21H25FN6.HI/c1-3-23-21(25-11-8-18-5-6-19(22)13-16(18)2)26-15-17-7-10-24-20(14-17)28-12-4-9-27-28;/h4-7,9-10,12-14H,3,8,11,15H2,1-2H3,(H2,23,25,26);1H. The molecule has 2 N–H and O–H groups in total. The van der Waals surface area contributed by atoms with E-state index in [9.17, 15) is 4.39 Å². The van der Waals surface area contributed by atoms with Crippen molar-refractivity contribution in [2.75, 3.05) is 13.1 Å². The average molecular weight is 508 g/mol. The number of guanidine groups is 1. The highest BCUT2D eigenvalue weighted by Gasteiger charge is 2.03. The Bertz CT molecular complexity index is 927. The minimum atomic E-state index is -0.198. The zero-order chi connectivity index (χ0) is 19.8. The third kappa shape index (κ3) is 6.81. The summed E-state index contributed by atoms with van der Waals surface area (Å²) in [6.07, 6.45) is 6.15. The van der Waals surface area contributed by atoms with E-state index in [2.05, 4.69) is 25.7 Å². The summed E-state index contributed by atoms with van der Waals surface area (Å²) in [6, 6.07) is 10.7. The third-order valence-corrected chi connectivity index (χ3v) is 4.30. The van der Waals surface area contributed by atoms with Crippen molar-refractivity contribution >= 4 is 29.9 Å². The van der Waals surface area contributed by atoms with Gasteiger partial charge in [-0.3, -0.25) is 0 Å². The molecule has 0 aliphatic rings. The number of rotatable bonds is 7. The SMILES string of the molecule is CCNC(=NCc1ccnc(-n2cccn2)c1)NCCc1ccc(F)cc1C.I. The van der Waals surface area contributed by atoms with E-state index in [4.69, 9.17) is 0 Å². The van der Waals surface area contributed by atoms with Crippen LogP contribution in [0.25, 0.3) is 5.82 Å². The number of hydrogen-bond acceptors (Lipinski definition) is 3. The van der Waals surface area contributed by atoms with Crippen LogP contribution in [0.5, 0.6) is 0 Å². The molecule has 3 aromatic rings. The number of halogens is 2. The largest absolute Gasteiger partial charge is 0.357 e. The van der Waals surface area contributed by atoms with Crippen LogP contribution in [0.15, 0.2) is 60.0 Å². The molecule has 0 fully saturated rings. The summed E-state index contributed by atoms with van der Waals surface area (Å²) >= 11 is 0. The molecular weight excluding hydrogens is 482 g/mol. The van der Waals surface area contributed by atoms with Crippen LogP contribution in [-0.4, -0.2) is 33.8 Å². The molecule has 2 aromatic heterocycles. The van der Waals surface area contributed by atoms with Crippen molar-refractivity contribution in [1.29, 1.82) is 0 Å². The molecule has 2 heterocycles. The Hall–Kier alpha value is -2.49. The van der Waals surface area contributed by atoms with Crippen LogP contribution in [0.2, 0.25) is 0 Å². The molecule has 154 valence electrons. The Morgan fingerprint density at radius 3 is 2.76 bits per heavy atom. The van der Waals surface area contributed by atoms with Gasteiger partial charge in [-0.15, -0.1) is 24.0 Å². The molecule has 8 heteroatoms. The minimum absolute atomic E-state index is 0. The van der Waals surface area contributed by atoms with Crippen LogP contribution in [0, 0.1) is 12.7 Å². The molecule has 0 radical (unpaired) electrons. The number of benzene rings is 1. The second kappa shape index (κ2) is 11.5. The number of hydrogen-bond donors (Lipinski definition) is 2. The molecule has 0 saturated heterocycles. The molecule has 0 unspecified atom stereocenters. The van der Waals surface area contributed by atoms with E-state index in [1.165, 1.54) is 6.07 Å². The van der Waals surface area contributed by atoms with Crippen molar-refractivity contribution in [1.82, 2.24) is 25.4 Å². The van der Waals surface area contributed by atoms with E-state index in [1.54, 1.807) is 23.1 Å². The molecule has 0 aliphatic heterocycles. The predicted octanol–water partition coefficient (Wildman–Crippen LogP) is 3.63. The lowest BCUT2D eigenvalue weighted by Gasteiger charge is -2.12. The van der Waals surface area contributed by atoms with E-state index in [-0.39, 0.29) is 29.8 Å². The van der Waals surface area contributed by atoms with Gasteiger partial charge in [0.15, 0.2) is 11.8 Å². The molecule has 0 saturated carbocycles. The smallest absolute Gasteiger partial charge is 0.191 e. The maximum atomic E-state index is 13.2. The van der Waals surface area contributed by atoms with Crippen LogP contribution in [0.4, 0.5) is 4.39 Å². The Kier molecular flexibility index (Phi) is 9.04. The van der Waals surface area contributed by atoms with Crippen molar-refractivity contribution in [3.05, 3.63) is 77.5 Å². The highest BCUT2D eigenvalue weighted by Crippen LogP contribution is 2.10. The summed E-state index contributed by atoms with van der Waals surface area (Å²) in [5, 5.41) is 10.8. The maximum Gasteiger partial charge on any atom is 0.191 e. The molecule has 0 amide bonds. The van der Waals surface area contributed by atoms with E-state index < -0.39 is 0 Å². The second-order valence-electron chi connectivity index (χ2n) is 6.42. The summed E-state index contributed by atoms with van der Waals surface area (Å²) in [5.41, 5.74) is 3.14. The quantitative estimate of drug-likeness (QED) is 0.291. The molecule has 0 aliphatic carbocycles.